The quantitative estimate of drug-likeness (QED) is 0.101. The zero-order valence-electron chi connectivity index (χ0n) is 28.1. The van der Waals surface area contributed by atoms with E-state index >= 15 is 0 Å². The Kier molecular flexibility index (Phi) is 30.9. The van der Waals surface area contributed by atoms with Crippen molar-refractivity contribution < 1.29 is 19.8 Å². The number of unbranched alkanes of at least 4 members (excludes halogenated alkanes) is 10. The van der Waals surface area contributed by atoms with Gasteiger partial charge in [-0.3, -0.25) is 9.59 Å². The second-order valence-corrected chi connectivity index (χ2v) is 18.5. The molecule has 2 unspecified atom stereocenters. The Bertz CT molecular complexity index is 500. The number of carboxylic acid groups (broad SMARTS) is 2. The zero-order valence-corrected chi connectivity index (χ0v) is 30.9. The second kappa shape index (κ2) is 27.9. The van der Waals surface area contributed by atoms with Crippen molar-refractivity contribution >= 4 is 33.1 Å². The van der Waals surface area contributed by atoms with Gasteiger partial charge in [-0.1, -0.05) is 55.4 Å². The molecule has 4 nitrogen and oxygen atoms in total. The van der Waals surface area contributed by atoms with Crippen LogP contribution >= 0.6 is 0 Å². The van der Waals surface area contributed by atoms with Gasteiger partial charge < -0.3 is 10.2 Å². The van der Waals surface area contributed by atoms with Crippen molar-refractivity contribution in [2.75, 3.05) is 0 Å². The predicted molar refractivity (Wildman–Crippen MR) is 173 cm³/mol. The van der Waals surface area contributed by atoms with Gasteiger partial charge in [-0.05, 0) is 35.5 Å². The maximum absolute atomic E-state index is 10.3. The molecule has 0 aromatic rings. The molecular weight excluding hydrogens is 591 g/mol. The molecule has 0 aliphatic rings. The molecule has 0 aliphatic heterocycles. The van der Waals surface area contributed by atoms with Gasteiger partial charge in [0, 0.05) is 12.8 Å². The summed E-state index contributed by atoms with van der Waals surface area (Å²) in [6.07, 6.45) is 20.4. The van der Waals surface area contributed by atoms with E-state index in [0.717, 1.165) is 12.8 Å². The fourth-order valence-electron chi connectivity index (χ4n) is 5.02. The Morgan fingerprint density at radius 1 is 0.564 bits per heavy atom. The topological polar surface area (TPSA) is 74.6 Å². The first-order valence-corrected chi connectivity index (χ1v) is 20.2. The van der Waals surface area contributed by atoms with Gasteiger partial charge in [0.2, 0.25) is 0 Å². The molecule has 2 atom stereocenters. The molecule has 0 fully saturated rings. The fraction of sp³-hybridized carbons (Fsp3) is 0.941. The Morgan fingerprint density at radius 3 is 1.10 bits per heavy atom. The molecule has 0 aliphatic carbocycles. The van der Waals surface area contributed by atoms with Crippen LogP contribution in [0.1, 0.15) is 172 Å². The third-order valence-corrected chi connectivity index (χ3v) is 10.4. The van der Waals surface area contributed by atoms with E-state index in [2.05, 4.69) is 55.4 Å². The van der Waals surface area contributed by atoms with Gasteiger partial charge in [0.05, 0.1) is 0 Å². The molecule has 0 saturated heterocycles. The Morgan fingerprint density at radius 2 is 0.846 bits per heavy atom. The van der Waals surface area contributed by atoms with Crippen LogP contribution in [-0.2, 0) is 9.59 Å². The van der Waals surface area contributed by atoms with Crippen LogP contribution in [0.3, 0.4) is 0 Å². The SMILES string of the molecule is CC(CC(=O)O)CC(C)(C)C.CC(CC(=O)O)CC(C)(C)C.CCCCCCC[CH2][Sn][CH2]CCCCCCC. The van der Waals surface area contributed by atoms with Gasteiger partial charge in [0.25, 0.3) is 0 Å². The molecule has 0 heterocycles. The number of carbonyl (C=O) groups is 2. The summed E-state index contributed by atoms with van der Waals surface area (Å²) in [5, 5.41) is 17.0. The third-order valence-electron chi connectivity index (χ3n) is 6.38. The first-order chi connectivity index (χ1) is 18.0. The Labute approximate surface area is 255 Å². The minimum atomic E-state index is -0.693. The molecule has 2 N–H and O–H groups in total. The summed E-state index contributed by atoms with van der Waals surface area (Å²) in [5.41, 5.74) is 0.490. The van der Waals surface area contributed by atoms with Gasteiger partial charge in [-0.25, -0.2) is 0 Å². The minimum absolute atomic E-state index is 0.0736. The fourth-order valence-corrected chi connectivity index (χ4v) is 8.58. The number of rotatable bonds is 20. The van der Waals surface area contributed by atoms with Crippen LogP contribution in [0.15, 0.2) is 0 Å². The molecule has 0 bridgehead atoms. The van der Waals surface area contributed by atoms with Crippen molar-refractivity contribution in [3.8, 4) is 0 Å². The molecule has 2 radical (unpaired) electrons. The molecule has 39 heavy (non-hydrogen) atoms. The zero-order chi connectivity index (χ0) is 30.7. The average molecular weight is 662 g/mol. The molecule has 5 heteroatoms. The standard InChI is InChI=1S/2C9H18O2.2C8H17.Sn/c2*1-7(5-8(10)11)6-9(2,3)4;2*1-3-5-7-8-6-4-2;/h2*7H,5-6H2,1-4H3,(H,10,11);2*1,3-8H2,2H3;. The summed E-state index contributed by atoms with van der Waals surface area (Å²) in [7, 11) is 0. The third kappa shape index (κ3) is 47.9. The van der Waals surface area contributed by atoms with Crippen LogP contribution in [0.2, 0.25) is 8.87 Å². The van der Waals surface area contributed by atoms with Crippen LogP contribution in [0.5, 0.6) is 0 Å². The van der Waals surface area contributed by atoms with Crippen LogP contribution in [0.4, 0.5) is 0 Å². The van der Waals surface area contributed by atoms with E-state index in [9.17, 15) is 9.59 Å². The molecule has 0 spiro atoms. The summed E-state index contributed by atoms with van der Waals surface area (Å²) in [6, 6.07) is 0. The molecular formula is C34H70O4Sn. The number of carboxylic acids is 2. The van der Waals surface area contributed by atoms with Crippen molar-refractivity contribution in [3.63, 3.8) is 0 Å². The van der Waals surface area contributed by atoms with Gasteiger partial charge >= 0.3 is 133 Å². The van der Waals surface area contributed by atoms with Crippen LogP contribution in [0, 0.1) is 22.7 Å². The monoisotopic (exact) mass is 662 g/mol. The molecule has 0 aromatic heterocycles. The molecule has 0 amide bonds. The van der Waals surface area contributed by atoms with Crippen LogP contribution < -0.4 is 0 Å². The summed E-state index contributed by atoms with van der Waals surface area (Å²) in [5.74, 6) is -0.816. The van der Waals surface area contributed by atoms with Crippen molar-refractivity contribution in [2.45, 2.75) is 181 Å². The van der Waals surface area contributed by atoms with E-state index in [4.69, 9.17) is 10.2 Å². The Balaban J connectivity index is -0.000000519. The summed E-state index contributed by atoms with van der Waals surface area (Å²) in [4.78, 5) is 20.6. The van der Waals surface area contributed by atoms with E-state index in [-0.39, 0.29) is 56.6 Å². The summed E-state index contributed by atoms with van der Waals surface area (Å²) >= 11 is 0.0736. The normalized spacial score (nSPS) is 13.0. The number of hydrogen-bond acceptors (Lipinski definition) is 2. The van der Waals surface area contributed by atoms with Gasteiger partial charge in [0.15, 0.2) is 0 Å². The van der Waals surface area contributed by atoms with Crippen molar-refractivity contribution in [3.05, 3.63) is 0 Å². The summed E-state index contributed by atoms with van der Waals surface area (Å²) < 4.78 is 3.31. The van der Waals surface area contributed by atoms with Gasteiger partial charge in [0.1, 0.15) is 0 Å². The molecule has 0 saturated carbocycles. The van der Waals surface area contributed by atoms with Crippen molar-refractivity contribution in [1.82, 2.24) is 0 Å². The van der Waals surface area contributed by atoms with E-state index in [1.165, 1.54) is 64.2 Å². The number of hydrogen-bond donors (Lipinski definition) is 2. The van der Waals surface area contributed by atoms with Crippen molar-refractivity contribution in [2.24, 2.45) is 22.7 Å². The first-order valence-electron chi connectivity index (χ1n) is 16.2. The van der Waals surface area contributed by atoms with Crippen molar-refractivity contribution in [1.29, 1.82) is 0 Å². The Hall–Kier alpha value is -0.261. The molecule has 0 aromatic carbocycles. The maximum atomic E-state index is 10.3. The van der Waals surface area contributed by atoms with E-state index < -0.39 is 11.9 Å². The molecule has 234 valence electrons. The van der Waals surface area contributed by atoms with E-state index in [0.29, 0.717) is 0 Å². The first kappa shape index (κ1) is 43.2. The summed E-state index contributed by atoms with van der Waals surface area (Å²) in [6.45, 7) is 21.4. The number of aliphatic carboxylic acids is 2. The predicted octanol–water partition coefficient (Wildman–Crippen LogP) is 11.3. The van der Waals surface area contributed by atoms with Crippen LogP contribution in [-0.4, -0.2) is 43.3 Å². The van der Waals surface area contributed by atoms with Gasteiger partial charge in [-0.2, -0.15) is 0 Å². The van der Waals surface area contributed by atoms with Crippen LogP contribution in [0.25, 0.3) is 0 Å². The van der Waals surface area contributed by atoms with E-state index in [1.807, 2.05) is 13.8 Å². The van der Waals surface area contributed by atoms with E-state index in [1.54, 1.807) is 21.7 Å². The average Bonchev–Trinajstić information content (AvgIpc) is 2.74. The van der Waals surface area contributed by atoms with Gasteiger partial charge in [-0.15, -0.1) is 0 Å². The molecule has 0 rings (SSSR count). The second-order valence-electron chi connectivity index (χ2n) is 14.2.